The van der Waals surface area contributed by atoms with Crippen LogP contribution in [0.15, 0.2) is 53.5 Å². The zero-order valence-corrected chi connectivity index (χ0v) is 13.2. The standard InChI is InChI=1S/C19H24N2/c1-4-5-6-16-7-9-17(10-8-16)15-20-18-11-13-19(14-12-18)21(2)3/h7-15H,4-6H2,1-3H3. The fourth-order valence-corrected chi connectivity index (χ4v) is 2.14. The molecule has 0 bridgehead atoms. The minimum Gasteiger partial charge on any atom is -0.378 e. The monoisotopic (exact) mass is 280 g/mol. The van der Waals surface area contributed by atoms with E-state index in [1.807, 2.05) is 32.4 Å². The first kappa shape index (κ1) is 15.3. The number of benzene rings is 2. The maximum Gasteiger partial charge on any atom is 0.0631 e. The number of anilines is 1. The van der Waals surface area contributed by atoms with Crippen molar-refractivity contribution in [2.24, 2.45) is 4.99 Å². The maximum atomic E-state index is 4.53. The van der Waals surface area contributed by atoms with E-state index in [-0.39, 0.29) is 0 Å². The first-order chi connectivity index (χ1) is 10.2. The van der Waals surface area contributed by atoms with Crippen LogP contribution in [0.4, 0.5) is 11.4 Å². The van der Waals surface area contributed by atoms with Gasteiger partial charge in [-0.25, -0.2) is 0 Å². The predicted octanol–water partition coefficient (Wildman–Crippen LogP) is 4.85. The highest BCUT2D eigenvalue weighted by Gasteiger charge is 1.95. The van der Waals surface area contributed by atoms with Gasteiger partial charge in [0.1, 0.15) is 0 Å². The van der Waals surface area contributed by atoms with Crippen molar-refractivity contribution in [3.05, 3.63) is 59.7 Å². The Hall–Kier alpha value is -2.09. The van der Waals surface area contributed by atoms with Gasteiger partial charge in [0.15, 0.2) is 0 Å². The van der Waals surface area contributed by atoms with Gasteiger partial charge < -0.3 is 4.90 Å². The lowest BCUT2D eigenvalue weighted by atomic mass is 10.1. The molecule has 0 saturated heterocycles. The van der Waals surface area contributed by atoms with Crippen molar-refractivity contribution in [2.75, 3.05) is 19.0 Å². The molecule has 0 N–H and O–H groups in total. The highest BCUT2D eigenvalue weighted by molar-refractivity contribution is 5.82. The van der Waals surface area contributed by atoms with E-state index in [0.717, 1.165) is 11.3 Å². The van der Waals surface area contributed by atoms with Crippen LogP contribution in [-0.4, -0.2) is 20.3 Å². The molecule has 21 heavy (non-hydrogen) atoms. The van der Waals surface area contributed by atoms with E-state index in [1.54, 1.807) is 0 Å². The Morgan fingerprint density at radius 1 is 0.952 bits per heavy atom. The summed E-state index contributed by atoms with van der Waals surface area (Å²) in [6.45, 7) is 2.22. The Labute approximate surface area is 128 Å². The van der Waals surface area contributed by atoms with E-state index >= 15 is 0 Å². The average molecular weight is 280 g/mol. The van der Waals surface area contributed by atoms with Crippen LogP contribution < -0.4 is 4.90 Å². The second kappa shape index (κ2) is 7.63. The van der Waals surface area contributed by atoms with Gasteiger partial charge in [-0.15, -0.1) is 0 Å². The van der Waals surface area contributed by atoms with Crippen molar-refractivity contribution in [3.8, 4) is 0 Å². The Bertz CT molecular complexity index is 566. The molecule has 2 aromatic carbocycles. The summed E-state index contributed by atoms with van der Waals surface area (Å²) in [5.74, 6) is 0. The molecule has 2 nitrogen and oxygen atoms in total. The summed E-state index contributed by atoms with van der Waals surface area (Å²) in [7, 11) is 4.08. The molecule has 0 aromatic heterocycles. The zero-order chi connectivity index (χ0) is 15.1. The molecule has 2 aromatic rings. The van der Waals surface area contributed by atoms with Crippen LogP contribution in [0.3, 0.4) is 0 Å². The number of nitrogens with zero attached hydrogens (tertiary/aromatic N) is 2. The molecular formula is C19H24N2. The Balaban J connectivity index is 2.00. The van der Waals surface area contributed by atoms with E-state index < -0.39 is 0 Å². The number of aliphatic imine (C=N–C) groups is 1. The highest BCUT2D eigenvalue weighted by Crippen LogP contribution is 2.18. The number of aryl methyl sites for hydroxylation is 1. The summed E-state index contributed by atoms with van der Waals surface area (Å²) < 4.78 is 0. The lowest BCUT2D eigenvalue weighted by molar-refractivity contribution is 0.795. The molecule has 0 fully saturated rings. The van der Waals surface area contributed by atoms with Gasteiger partial charge in [-0.1, -0.05) is 37.6 Å². The first-order valence-electron chi connectivity index (χ1n) is 7.59. The topological polar surface area (TPSA) is 15.6 Å². The molecule has 0 amide bonds. The third-order valence-corrected chi connectivity index (χ3v) is 3.53. The predicted molar refractivity (Wildman–Crippen MR) is 93.1 cm³/mol. The third-order valence-electron chi connectivity index (χ3n) is 3.53. The van der Waals surface area contributed by atoms with E-state index in [1.165, 1.54) is 30.5 Å². The van der Waals surface area contributed by atoms with E-state index in [0.29, 0.717) is 0 Å². The van der Waals surface area contributed by atoms with Crippen molar-refractivity contribution in [1.82, 2.24) is 0 Å². The van der Waals surface area contributed by atoms with Gasteiger partial charge >= 0.3 is 0 Å². The molecule has 0 atom stereocenters. The first-order valence-corrected chi connectivity index (χ1v) is 7.59. The van der Waals surface area contributed by atoms with Gasteiger partial charge in [-0.05, 0) is 48.2 Å². The van der Waals surface area contributed by atoms with E-state index in [9.17, 15) is 0 Å². The summed E-state index contributed by atoms with van der Waals surface area (Å²) in [6.07, 6.45) is 5.59. The fourth-order valence-electron chi connectivity index (χ4n) is 2.14. The molecule has 0 spiro atoms. The molecule has 110 valence electrons. The molecule has 0 unspecified atom stereocenters. The molecule has 0 aliphatic rings. The molecule has 2 heteroatoms. The van der Waals surface area contributed by atoms with Crippen molar-refractivity contribution in [3.63, 3.8) is 0 Å². The van der Waals surface area contributed by atoms with Gasteiger partial charge in [0.2, 0.25) is 0 Å². The summed E-state index contributed by atoms with van der Waals surface area (Å²) in [5.41, 5.74) is 4.72. The number of rotatable bonds is 6. The number of hydrogen-bond donors (Lipinski definition) is 0. The lowest BCUT2D eigenvalue weighted by Gasteiger charge is -2.11. The van der Waals surface area contributed by atoms with Crippen LogP contribution in [-0.2, 0) is 6.42 Å². The second-order valence-corrected chi connectivity index (χ2v) is 5.51. The van der Waals surface area contributed by atoms with E-state index in [4.69, 9.17) is 0 Å². The molecule has 0 aliphatic carbocycles. The van der Waals surface area contributed by atoms with E-state index in [2.05, 4.69) is 53.2 Å². The minimum absolute atomic E-state index is 0.982. The average Bonchev–Trinajstić information content (AvgIpc) is 2.52. The van der Waals surface area contributed by atoms with Crippen molar-refractivity contribution in [1.29, 1.82) is 0 Å². The minimum atomic E-state index is 0.982. The van der Waals surface area contributed by atoms with Crippen LogP contribution in [0.1, 0.15) is 30.9 Å². The van der Waals surface area contributed by atoms with Crippen LogP contribution in [0.5, 0.6) is 0 Å². The Kier molecular flexibility index (Phi) is 5.56. The van der Waals surface area contributed by atoms with Crippen LogP contribution in [0.2, 0.25) is 0 Å². The SMILES string of the molecule is CCCCc1ccc(C=Nc2ccc(N(C)C)cc2)cc1. The van der Waals surface area contributed by atoms with Crippen molar-refractivity contribution < 1.29 is 0 Å². The van der Waals surface area contributed by atoms with Crippen LogP contribution >= 0.6 is 0 Å². The van der Waals surface area contributed by atoms with Gasteiger partial charge in [0, 0.05) is 26.0 Å². The van der Waals surface area contributed by atoms with Gasteiger partial charge in [0.25, 0.3) is 0 Å². The van der Waals surface area contributed by atoms with Crippen molar-refractivity contribution in [2.45, 2.75) is 26.2 Å². The molecule has 2 rings (SSSR count). The molecular weight excluding hydrogens is 256 g/mol. The second-order valence-electron chi connectivity index (χ2n) is 5.51. The lowest BCUT2D eigenvalue weighted by Crippen LogP contribution is -2.07. The maximum absolute atomic E-state index is 4.53. The Morgan fingerprint density at radius 2 is 1.62 bits per heavy atom. The summed E-state index contributed by atoms with van der Waals surface area (Å²) in [5, 5.41) is 0. The Morgan fingerprint density at radius 3 is 2.19 bits per heavy atom. The smallest absolute Gasteiger partial charge is 0.0631 e. The normalized spacial score (nSPS) is 11.0. The quantitative estimate of drug-likeness (QED) is 0.691. The molecule has 0 heterocycles. The third kappa shape index (κ3) is 4.75. The number of unbranched alkanes of at least 4 members (excludes halogenated alkanes) is 1. The largest absolute Gasteiger partial charge is 0.378 e. The van der Waals surface area contributed by atoms with Gasteiger partial charge in [-0.3, -0.25) is 4.99 Å². The molecule has 0 saturated carbocycles. The molecule has 0 aliphatic heterocycles. The fraction of sp³-hybridized carbons (Fsp3) is 0.316. The van der Waals surface area contributed by atoms with Crippen LogP contribution in [0, 0.1) is 0 Å². The zero-order valence-electron chi connectivity index (χ0n) is 13.2. The summed E-state index contributed by atoms with van der Waals surface area (Å²) >= 11 is 0. The summed E-state index contributed by atoms with van der Waals surface area (Å²) in [6, 6.07) is 16.9. The van der Waals surface area contributed by atoms with Gasteiger partial charge in [0.05, 0.1) is 5.69 Å². The summed E-state index contributed by atoms with van der Waals surface area (Å²) in [4.78, 5) is 6.61. The molecule has 0 radical (unpaired) electrons. The highest BCUT2D eigenvalue weighted by atomic mass is 15.1. The number of hydrogen-bond acceptors (Lipinski definition) is 2. The van der Waals surface area contributed by atoms with Crippen molar-refractivity contribution >= 4 is 17.6 Å². The van der Waals surface area contributed by atoms with Gasteiger partial charge in [-0.2, -0.15) is 0 Å². The van der Waals surface area contributed by atoms with Crippen LogP contribution in [0.25, 0.3) is 0 Å².